The molecule has 0 radical (unpaired) electrons. The molecule has 134 valence electrons. The Balaban J connectivity index is 1.85. The summed E-state index contributed by atoms with van der Waals surface area (Å²) in [6, 6.07) is 3.44. The number of rotatable bonds is 4. The van der Waals surface area contributed by atoms with Crippen LogP contribution in [0.25, 0.3) is 0 Å². The number of aromatic amines is 1. The van der Waals surface area contributed by atoms with Gasteiger partial charge in [-0.15, -0.1) is 0 Å². The number of furan rings is 1. The SMILES string of the molecule is CN1CCC(N(C)C(=O)c2c[nH]c(=O)n(Cc3ccco3)c2=O)CC1. The van der Waals surface area contributed by atoms with Crippen molar-refractivity contribution in [1.29, 1.82) is 0 Å². The average molecular weight is 346 g/mol. The standard InChI is InChI=1S/C17H22N4O4/c1-19-7-5-12(6-8-19)20(2)15(22)14-10-18-17(24)21(16(14)23)11-13-4-3-9-25-13/h3-4,9-10,12H,5-8,11H2,1-2H3,(H,18,24). The number of carbonyl (C=O) groups is 1. The predicted molar refractivity (Wildman–Crippen MR) is 91.7 cm³/mol. The number of piperidine rings is 1. The molecule has 2 aromatic rings. The van der Waals surface area contributed by atoms with Crippen LogP contribution in [0.3, 0.4) is 0 Å². The van der Waals surface area contributed by atoms with Crippen molar-refractivity contribution in [3.63, 3.8) is 0 Å². The zero-order chi connectivity index (χ0) is 18.0. The minimum Gasteiger partial charge on any atom is -0.467 e. The molecule has 8 nitrogen and oxygen atoms in total. The van der Waals surface area contributed by atoms with Crippen LogP contribution in [0, 0.1) is 0 Å². The first-order valence-electron chi connectivity index (χ1n) is 8.28. The molecule has 0 spiro atoms. The number of nitrogens with one attached hydrogen (secondary N) is 1. The molecule has 3 heterocycles. The molecule has 0 unspecified atom stereocenters. The molecule has 1 aliphatic rings. The van der Waals surface area contributed by atoms with Gasteiger partial charge in [-0.3, -0.25) is 14.2 Å². The van der Waals surface area contributed by atoms with Gasteiger partial charge in [-0.1, -0.05) is 0 Å². The first-order valence-corrected chi connectivity index (χ1v) is 8.28. The van der Waals surface area contributed by atoms with E-state index >= 15 is 0 Å². The summed E-state index contributed by atoms with van der Waals surface area (Å²) in [5.41, 5.74) is -1.21. The summed E-state index contributed by atoms with van der Waals surface area (Å²) >= 11 is 0. The number of aromatic nitrogens is 2. The Kier molecular flexibility index (Phi) is 4.89. The maximum Gasteiger partial charge on any atom is 0.328 e. The largest absolute Gasteiger partial charge is 0.467 e. The van der Waals surface area contributed by atoms with Gasteiger partial charge < -0.3 is 19.2 Å². The summed E-state index contributed by atoms with van der Waals surface area (Å²) in [5.74, 6) is 0.102. The van der Waals surface area contributed by atoms with Gasteiger partial charge in [0.2, 0.25) is 0 Å². The molecule has 0 bridgehead atoms. The van der Waals surface area contributed by atoms with Crippen LogP contribution >= 0.6 is 0 Å². The zero-order valence-corrected chi connectivity index (χ0v) is 14.4. The van der Waals surface area contributed by atoms with Gasteiger partial charge in [0.05, 0.1) is 12.8 Å². The fraction of sp³-hybridized carbons (Fsp3) is 0.471. The molecular formula is C17H22N4O4. The van der Waals surface area contributed by atoms with Crippen molar-refractivity contribution in [3.8, 4) is 0 Å². The van der Waals surface area contributed by atoms with E-state index in [1.54, 1.807) is 24.1 Å². The van der Waals surface area contributed by atoms with Crippen molar-refractivity contribution in [3.05, 3.63) is 56.8 Å². The van der Waals surface area contributed by atoms with Gasteiger partial charge in [0, 0.05) is 19.3 Å². The number of carbonyl (C=O) groups excluding carboxylic acids is 1. The number of nitrogens with zero attached hydrogens (tertiary/aromatic N) is 3. The van der Waals surface area contributed by atoms with Crippen molar-refractivity contribution in [2.45, 2.75) is 25.4 Å². The number of hydrogen-bond acceptors (Lipinski definition) is 5. The lowest BCUT2D eigenvalue weighted by Gasteiger charge is -2.35. The molecule has 1 fully saturated rings. The summed E-state index contributed by atoms with van der Waals surface area (Å²) in [6.07, 6.45) is 4.40. The van der Waals surface area contributed by atoms with E-state index in [1.807, 2.05) is 7.05 Å². The van der Waals surface area contributed by atoms with Gasteiger partial charge >= 0.3 is 5.69 Å². The van der Waals surface area contributed by atoms with Crippen LogP contribution in [0.1, 0.15) is 29.0 Å². The Morgan fingerprint density at radius 1 is 1.36 bits per heavy atom. The van der Waals surface area contributed by atoms with Gasteiger partial charge in [-0.05, 0) is 45.1 Å². The highest BCUT2D eigenvalue weighted by Crippen LogP contribution is 2.15. The molecule has 25 heavy (non-hydrogen) atoms. The third-order valence-corrected chi connectivity index (χ3v) is 4.74. The number of amides is 1. The highest BCUT2D eigenvalue weighted by atomic mass is 16.3. The Bertz CT molecular complexity index is 844. The second-order valence-electron chi connectivity index (χ2n) is 6.43. The third-order valence-electron chi connectivity index (χ3n) is 4.74. The summed E-state index contributed by atoms with van der Waals surface area (Å²) in [5, 5.41) is 0. The van der Waals surface area contributed by atoms with Crippen LogP contribution in [-0.2, 0) is 6.54 Å². The number of likely N-dealkylation sites (tertiary alicyclic amines) is 1. The smallest absolute Gasteiger partial charge is 0.328 e. The maximum atomic E-state index is 12.8. The van der Waals surface area contributed by atoms with E-state index in [4.69, 9.17) is 4.42 Å². The molecule has 0 atom stereocenters. The Labute approximate surface area is 144 Å². The van der Waals surface area contributed by atoms with E-state index in [1.165, 1.54) is 12.5 Å². The van der Waals surface area contributed by atoms with Gasteiger partial charge in [-0.2, -0.15) is 0 Å². The first-order chi connectivity index (χ1) is 12.0. The summed E-state index contributed by atoms with van der Waals surface area (Å²) in [7, 11) is 3.76. The zero-order valence-electron chi connectivity index (χ0n) is 14.4. The van der Waals surface area contributed by atoms with Gasteiger partial charge in [0.15, 0.2) is 0 Å². The van der Waals surface area contributed by atoms with Crippen LogP contribution in [0.15, 0.2) is 38.6 Å². The predicted octanol–water partition coefficient (Wildman–Crippen LogP) is 0.344. The maximum absolute atomic E-state index is 12.8. The molecule has 0 aromatic carbocycles. The van der Waals surface area contributed by atoms with Crippen LogP contribution < -0.4 is 11.2 Å². The van der Waals surface area contributed by atoms with Gasteiger partial charge in [0.1, 0.15) is 11.3 Å². The molecule has 1 amide bonds. The lowest BCUT2D eigenvalue weighted by molar-refractivity contribution is 0.0656. The average Bonchev–Trinajstić information content (AvgIpc) is 3.11. The van der Waals surface area contributed by atoms with Crippen LogP contribution in [-0.4, -0.2) is 58.5 Å². The molecule has 2 aromatic heterocycles. The molecule has 3 rings (SSSR count). The molecule has 0 saturated carbocycles. The van der Waals surface area contributed by atoms with Crippen LogP contribution in [0.5, 0.6) is 0 Å². The van der Waals surface area contributed by atoms with Crippen molar-refractivity contribution in [2.24, 2.45) is 0 Å². The molecule has 8 heteroatoms. The molecule has 1 aliphatic heterocycles. The van der Waals surface area contributed by atoms with E-state index in [-0.39, 0.29) is 24.1 Å². The Morgan fingerprint density at radius 2 is 2.08 bits per heavy atom. The summed E-state index contributed by atoms with van der Waals surface area (Å²) < 4.78 is 6.17. The van der Waals surface area contributed by atoms with E-state index < -0.39 is 11.2 Å². The highest BCUT2D eigenvalue weighted by Gasteiger charge is 2.27. The number of H-pyrrole nitrogens is 1. The van der Waals surface area contributed by atoms with E-state index in [2.05, 4.69) is 9.88 Å². The van der Waals surface area contributed by atoms with E-state index in [0.717, 1.165) is 30.5 Å². The van der Waals surface area contributed by atoms with Crippen molar-refractivity contribution in [1.82, 2.24) is 19.4 Å². The topological polar surface area (TPSA) is 91.6 Å². The minimum absolute atomic E-state index is 0.0137. The Hall–Kier alpha value is -2.61. The van der Waals surface area contributed by atoms with E-state index in [9.17, 15) is 14.4 Å². The fourth-order valence-corrected chi connectivity index (χ4v) is 3.10. The quantitative estimate of drug-likeness (QED) is 0.862. The monoisotopic (exact) mass is 346 g/mol. The molecule has 1 saturated heterocycles. The lowest BCUT2D eigenvalue weighted by Crippen LogP contribution is -2.47. The van der Waals surface area contributed by atoms with Crippen LogP contribution in [0.2, 0.25) is 0 Å². The van der Waals surface area contributed by atoms with Crippen molar-refractivity contribution in [2.75, 3.05) is 27.2 Å². The van der Waals surface area contributed by atoms with Crippen molar-refractivity contribution >= 4 is 5.91 Å². The van der Waals surface area contributed by atoms with E-state index in [0.29, 0.717) is 5.76 Å². The summed E-state index contributed by atoms with van der Waals surface area (Å²) in [4.78, 5) is 43.7. The minimum atomic E-state index is -0.607. The fourth-order valence-electron chi connectivity index (χ4n) is 3.10. The van der Waals surface area contributed by atoms with Crippen LogP contribution in [0.4, 0.5) is 0 Å². The Morgan fingerprint density at radius 3 is 2.72 bits per heavy atom. The highest BCUT2D eigenvalue weighted by molar-refractivity contribution is 5.93. The van der Waals surface area contributed by atoms with Gasteiger partial charge in [0.25, 0.3) is 11.5 Å². The number of hydrogen-bond donors (Lipinski definition) is 1. The normalized spacial score (nSPS) is 16.1. The van der Waals surface area contributed by atoms with Gasteiger partial charge in [-0.25, -0.2) is 4.79 Å². The second kappa shape index (κ2) is 7.10. The molecular weight excluding hydrogens is 324 g/mol. The third kappa shape index (κ3) is 3.58. The second-order valence-corrected chi connectivity index (χ2v) is 6.43. The van der Waals surface area contributed by atoms with Crippen molar-refractivity contribution < 1.29 is 9.21 Å². The summed E-state index contributed by atoms with van der Waals surface area (Å²) in [6.45, 7) is 1.81. The first kappa shape index (κ1) is 17.2. The molecule has 0 aliphatic carbocycles. The molecule has 1 N–H and O–H groups in total. The lowest BCUT2D eigenvalue weighted by atomic mass is 10.0.